The summed E-state index contributed by atoms with van der Waals surface area (Å²) in [7, 11) is 0. The molecule has 0 saturated carbocycles. The third-order valence-electron chi connectivity index (χ3n) is 2.86. The second kappa shape index (κ2) is 6.88. The molecule has 0 radical (unpaired) electrons. The van der Waals surface area contributed by atoms with E-state index in [0.29, 0.717) is 16.9 Å². The summed E-state index contributed by atoms with van der Waals surface area (Å²) in [5.41, 5.74) is 0.959. The zero-order chi connectivity index (χ0) is 15.4. The second-order valence-electron chi connectivity index (χ2n) is 4.38. The maximum Gasteiger partial charge on any atom is 0.202 e. The van der Waals surface area contributed by atoms with Gasteiger partial charge in [0, 0.05) is 14.5 Å². The number of carbonyl (C=O) groups is 1. The Labute approximate surface area is 139 Å². The number of hydrogen-bond donors (Lipinski definition) is 0. The Morgan fingerprint density at radius 2 is 1.76 bits per heavy atom. The van der Waals surface area contributed by atoms with E-state index >= 15 is 0 Å². The van der Waals surface area contributed by atoms with E-state index in [1.165, 1.54) is 0 Å². The zero-order valence-corrected chi connectivity index (χ0v) is 14.3. The quantitative estimate of drug-likeness (QED) is 0.687. The molecule has 0 aliphatic heterocycles. The summed E-state index contributed by atoms with van der Waals surface area (Å²) in [5, 5.41) is 9.10. The highest BCUT2D eigenvalue weighted by molar-refractivity contribution is 9.10. The van der Waals surface area contributed by atoms with Crippen molar-refractivity contribution in [2.75, 3.05) is 0 Å². The molecule has 0 heterocycles. The fraction of sp³-hybridized carbons (Fsp3) is 0.125. The van der Waals surface area contributed by atoms with Gasteiger partial charge in [-0.05, 0) is 37.3 Å². The highest BCUT2D eigenvalue weighted by atomic mass is 79.9. The number of rotatable bonds is 4. The van der Waals surface area contributed by atoms with Gasteiger partial charge in [-0.3, -0.25) is 4.79 Å². The monoisotopic (exact) mass is 407 g/mol. The minimum atomic E-state index is -0.667. The van der Waals surface area contributed by atoms with E-state index < -0.39 is 6.10 Å². The predicted molar refractivity (Wildman–Crippen MR) is 87.4 cm³/mol. The summed E-state index contributed by atoms with van der Waals surface area (Å²) in [5.74, 6) is 0.271. The fourth-order valence-corrected chi connectivity index (χ4v) is 2.41. The number of Topliss-reactive ketones (excluding diaryl/α,β-unsaturated/α-hetero) is 1. The van der Waals surface area contributed by atoms with E-state index in [1.807, 2.05) is 0 Å². The number of nitriles is 1. The van der Waals surface area contributed by atoms with Crippen molar-refractivity contribution in [1.82, 2.24) is 0 Å². The lowest BCUT2D eigenvalue weighted by Crippen LogP contribution is -2.24. The van der Waals surface area contributed by atoms with E-state index in [1.54, 1.807) is 49.4 Å². The summed E-state index contributed by atoms with van der Waals surface area (Å²) in [4.78, 5) is 12.3. The Kier molecular flexibility index (Phi) is 5.16. The van der Waals surface area contributed by atoms with Gasteiger partial charge in [-0.2, -0.15) is 5.26 Å². The van der Waals surface area contributed by atoms with Gasteiger partial charge >= 0.3 is 0 Å². The van der Waals surface area contributed by atoms with Gasteiger partial charge in [0.25, 0.3) is 0 Å². The van der Waals surface area contributed by atoms with Crippen molar-refractivity contribution < 1.29 is 9.53 Å². The molecule has 3 nitrogen and oxygen atoms in total. The topological polar surface area (TPSA) is 50.1 Å². The van der Waals surface area contributed by atoms with Crippen LogP contribution in [0, 0.1) is 11.3 Å². The van der Waals surface area contributed by atoms with Crippen LogP contribution < -0.4 is 4.74 Å². The van der Waals surface area contributed by atoms with Gasteiger partial charge in [0.2, 0.25) is 5.78 Å². The second-order valence-corrected chi connectivity index (χ2v) is 6.21. The molecule has 1 atom stereocenters. The average Bonchev–Trinajstić information content (AvgIpc) is 2.49. The Hall–Kier alpha value is -1.64. The molecule has 1 unspecified atom stereocenters. The van der Waals surface area contributed by atoms with Crippen molar-refractivity contribution >= 4 is 37.6 Å². The smallest absolute Gasteiger partial charge is 0.202 e. The number of ketones is 1. The summed E-state index contributed by atoms with van der Waals surface area (Å²) < 4.78 is 7.33. The van der Waals surface area contributed by atoms with Gasteiger partial charge in [-0.1, -0.05) is 44.0 Å². The van der Waals surface area contributed by atoms with Crippen LogP contribution in [0.15, 0.2) is 51.4 Å². The van der Waals surface area contributed by atoms with E-state index in [-0.39, 0.29) is 5.78 Å². The molecule has 2 aromatic carbocycles. The summed E-state index contributed by atoms with van der Waals surface area (Å²) in [6, 6.07) is 14.2. The van der Waals surface area contributed by atoms with Crippen molar-refractivity contribution in [3.05, 3.63) is 62.5 Å². The highest BCUT2D eigenvalue weighted by Crippen LogP contribution is 2.24. The normalized spacial score (nSPS) is 11.5. The van der Waals surface area contributed by atoms with Crippen LogP contribution in [0.2, 0.25) is 0 Å². The van der Waals surface area contributed by atoms with Crippen LogP contribution in [-0.4, -0.2) is 11.9 Å². The standard InChI is InChI=1S/C16H11Br2NO2/c1-10(16(20)11-2-4-13(17)5-3-11)21-15-7-6-14(18)8-12(15)9-19/h2-8,10H,1H3. The number of benzene rings is 2. The molecular formula is C16H11Br2NO2. The lowest BCUT2D eigenvalue weighted by atomic mass is 10.1. The van der Waals surface area contributed by atoms with E-state index in [2.05, 4.69) is 37.9 Å². The van der Waals surface area contributed by atoms with Crippen LogP contribution in [0.4, 0.5) is 0 Å². The van der Waals surface area contributed by atoms with Crippen molar-refractivity contribution in [2.24, 2.45) is 0 Å². The maximum absolute atomic E-state index is 12.3. The molecule has 0 spiro atoms. The first-order valence-electron chi connectivity index (χ1n) is 6.17. The molecule has 5 heteroatoms. The molecule has 0 aromatic heterocycles. The third-order valence-corrected chi connectivity index (χ3v) is 3.89. The van der Waals surface area contributed by atoms with Crippen LogP contribution in [0.5, 0.6) is 5.75 Å². The third kappa shape index (κ3) is 3.93. The number of hydrogen-bond acceptors (Lipinski definition) is 3. The van der Waals surface area contributed by atoms with Crippen LogP contribution in [0.3, 0.4) is 0 Å². The summed E-state index contributed by atoms with van der Waals surface area (Å²) in [6.45, 7) is 1.67. The SMILES string of the molecule is CC(Oc1ccc(Br)cc1C#N)C(=O)c1ccc(Br)cc1. The van der Waals surface area contributed by atoms with Crippen molar-refractivity contribution in [2.45, 2.75) is 13.0 Å². The Morgan fingerprint density at radius 1 is 1.14 bits per heavy atom. The molecule has 2 rings (SSSR count). The molecule has 106 valence electrons. The Morgan fingerprint density at radius 3 is 2.38 bits per heavy atom. The molecule has 0 aliphatic rings. The van der Waals surface area contributed by atoms with Gasteiger partial charge in [0.1, 0.15) is 11.8 Å². The predicted octanol–water partition coefficient (Wildman–Crippen LogP) is 4.73. The molecular weight excluding hydrogens is 398 g/mol. The number of halogens is 2. The maximum atomic E-state index is 12.3. The molecule has 21 heavy (non-hydrogen) atoms. The Bertz CT molecular complexity index is 705. The molecule has 0 amide bonds. The molecule has 0 fully saturated rings. The first-order chi connectivity index (χ1) is 10.0. The van der Waals surface area contributed by atoms with E-state index in [0.717, 1.165) is 8.95 Å². The highest BCUT2D eigenvalue weighted by Gasteiger charge is 2.18. The number of nitrogens with zero attached hydrogens (tertiary/aromatic N) is 1. The van der Waals surface area contributed by atoms with E-state index in [9.17, 15) is 4.79 Å². The molecule has 0 N–H and O–H groups in total. The minimum Gasteiger partial charge on any atom is -0.481 e. The average molecular weight is 409 g/mol. The lowest BCUT2D eigenvalue weighted by Gasteiger charge is -2.15. The zero-order valence-electron chi connectivity index (χ0n) is 11.1. The lowest BCUT2D eigenvalue weighted by molar-refractivity contribution is 0.0817. The Balaban J connectivity index is 2.18. The van der Waals surface area contributed by atoms with Crippen LogP contribution in [0.1, 0.15) is 22.8 Å². The van der Waals surface area contributed by atoms with Crippen molar-refractivity contribution in [3.8, 4) is 11.8 Å². The van der Waals surface area contributed by atoms with Gasteiger partial charge in [0.05, 0.1) is 5.56 Å². The molecule has 0 aliphatic carbocycles. The minimum absolute atomic E-state index is 0.130. The molecule has 2 aromatic rings. The van der Waals surface area contributed by atoms with Gasteiger partial charge < -0.3 is 4.74 Å². The molecule has 0 saturated heterocycles. The van der Waals surface area contributed by atoms with Crippen LogP contribution in [0.25, 0.3) is 0 Å². The van der Waals surface area contributed by atoms with Crippen molar-refractivity contribution in [1.29, 1.82) is 5.26 Å². The van der Waals surface area contributed by atoms with Crippen LogP contribution in [-0.2, 0) is 0 Å². The fourth-order valence-electron chi connectivity index (χ4n) is 1.79. The molecule has 0 bridgehead atoms. The summed E-state index contributed by atoms with van der Waals surface area (Å²) in [6.07, 6.45) is -0.667. The van der Waals surface area contributed by atoms with Gasteiger partial charge in [-0.15, -0.1) is 0 Å². The first kappa shape index (κ1) is 15.7. The van der Waals surface area contributed by atoms with Crippen molar-refractivity contribution in [3.63, 3.8) is 0 Å². The van der Waals surface area contributed by atoms with Gasteiger partial charge in [0.15, 0.2) is 6.10 Å². The first-order valence-corrected chi connectivity index (χ1v) is 7.76. The number of carbonyl (C=O) groups excluding carboxylic acids is 1. The largest absolute Gasteiger partial charge is 0.481 e. The van der Waals surface area contributed by atoms with Gasteiger partial charge in [-0.25, -0.2) is 0 Å². The number of ether oxygens (including phenoxy) is 1. The van der Waals surface area contributed by atoms with Crippen LogP contribution >= 0.6 is 31.9 Å². The van der Waals surface area contributed by atoms with E-state index in [4.69, 9.17) is 10.00 Å². The summed E-state index contributed by atoms with van der Waals surface area (Å²) >= 11 is 6.63.